The molecule has 2 aromatic carbocycles. The van der Waals surface area contributed by atoms with Gasteiger partial charge in [0.25, 0.3) is 5.69 Å². The fourth-order valence-electron chi connectivity index (χ4n) is 2.81. The van der Waals surface area contributed by atoms with Crippen molar-refractivity contribution in [2.24, 2.45) is 0 Å². The SMILES string of the molecule is O=C(OC/C=C/c1ccccc1)c1cc(N2CCOCC2)ccc1[N+](=O)[O-]. The van der Waals surface area contributed by atoms with Crippen molar-refractivity contribution in [2.75, 3.05) is 37.8 Å². The van der Waals surface area contributed by atoms with Gasteiger partial charge in [-0.1, -0.05) is 36.4 Å². The molecule has 1 aliphatic rings. The lowest BCUT2D eigenvalue weighted by atomic mass is 10.1. The second-order valence-electron chi connectivity index (χ2n) is 5.97. The molecule has 7 nitrogen and oxygen atoms in total. The van der Waals surface area contributed by atoms with Crippen LogP contribution >= 0.6 is 0 Å². The lowest BCUT2D eigenvalue weighted by Crippen LogP contribution is -2.36. The predicted octanol–water partition coefficient (Wildman–Crippen LogP) is 3.30. The van der Waals surface area contributed by atoms with E-state index in [1.165, 1.54) is 12.1 Å². The average molecular weight is 368 g/mol. The van der Waals surface area contributed by atoms with E-state index in [-0.39, 0.29) is 17.9 Å². The number of ether oxygens (including phenoxy) is 2. The molecule has 0 spiro atoms. The number of hydrogen-bond donors (Lipinski definition) is 0. The lowest BCUT2D eigenvalue weighted by molar-refractivity contribution is -0.385. The summed E-state index contributed by atoms with van der Waals surface area (Å²) < 4.78 is 10.5. The van der Waals surface area contributed by atoms with Gasteiger partial charge in [-0.2, -0.15) is 0 Å². The third-order valence-corrected chi connectivity index (χ3v) is 4.19. The van der Waals surface area contributed by atoms with Gasteiger partial charge in [-0.25, -0.2) is 4.79 Å². The van der Waals surface area contributed by atoms with E-state index in [9.17, 15) is 14.9 Å². The van der Waals surface area contributed by atoms with E-state index in [4.69, 9.17) is 9.47 Å². The largest absolute Gasteiger partial charge is 0.458 e. The summed E-state index contributed by atoms with van der Waals surface area (Å²) in [5.74, 6) is -0.713. The van der Waals surface area contributed by atoms with Crippen molar-refractivity contribution in [2.45, 2.75) is 0 Å². The Morgan fingerprint density at radius 1 is 1.19 bits per heavy atom. The normalized spacial score (nSPS) is 14.3. The molecule has 0 aliphatic carbocycles. The summed E-state index contributed by atoms with van der Waals surface area (Å²) >= 11 is 0. The number of hydrogen-bond acceptors (Lipinski definition) is 6. The van der Waals surface area contributed by atoms with E-state index >= 15 is 0 Å². The van der Waals surface area contributed by atoms with E-state index < -0.39 is 10.9 Å². The van der Waals surface area contributed by atoms with Crippen LogP contribution in [0.1, 0.15) is 15.9 Å². The molecule has 0 saturated carbocycles. The fourth-order valence-corrected chi connectivity index (χ4v) is 2.81. The number of nitro groups is 1. The smallest absolute Gasteiger partial charge is 0.345 e. The zero-order valence-electron chi connectivity index (χ0n) is 14.7. The molecule has 1 saturated heterocycles. The zero-order valence-corrected chi connectivity index (χ0v) is 14.7. The average Bonchev–Trinajstić information content (AvgIpc) is 2.72. The molecule has 140 valence electrons. The Morgan fingerprint density at radius 3 is 2.63 bits per heavy atom. The van der Waals surface area contributed by atoms with Crippen LogP contribution in [-0.2, 0) is 9.47 Å². The molecule has 1 heterocycles. The van der Waals surface area contributed by atoms with Crippen molar-refractivity contribution in [3.8, 4) is 0 Å². The molecule has 1 aliphatic heterocycles. The maximum atomic E-state index is 12.4. The monoisotopic (exact) mass is 368 g/mol. The quantitative estimate of drug-likeness (QED) is 0.442. The van der Waals surface area contributed by atoms with Gasteiger partial charge >= 0.3 is 5.97 Å². The highest BCUT2D eigenvalue weighted by Crippen LogP contribution is 2.26. The maximum Gasteiger partial charge on any atom is 0.345 e. The minimum Gasteiger partial charge on any atom is -0.458 e. The summed E-state index contributed by atoms with van der Waals surface area (Å²) in [6, 6.07) is 14.1. The van der Waals surface area contributed by atoms with Gasteiger partial charge in [0.05, 0.1) is 18.1 Å². The van der Waals surface area contributed by atoms with Crippen LogP contribution in [0.5, 0.6) is 0 Å². The van der Waals surface area contributed by atoms with Gasteiger partial charge < -0.3 is 14.4 Å². The number of rotatable bonds is 6. The first kappa shape index (κ1) is 18.6. The number of carbonyl (C=O) groups is 1. The van der Waals surface area contributed by atoms with E-state index in [0.29, 0.717) is 26.3 Å². The first-order valence-electron chi connectivity index (χ1n) is 8.65. The van der Waals surface area contributed by atoms with Crippen LogP contribution in [0.3, 0.4) is 0 Å². The van der Waals surface area contributed by atoms with Crippen LogP contribution in [0.15, 0.2) is 54.6 Å². The van der Waals surface area contributed by atoms with Crippen molar-refractivity contribution >= 4 is 23.4 Å². The Balaban J connectivity index is 1.71. The van der Waals surface area contributed by atoms with Crippen LogP contribution in [0.2, 0.25) is 0 Å². The summed E-state index contributed by atoms with van der Waals surface area (Å²) in [5.41, 5.74) is 1.42. The number of carbonyl (C=O) groups excluding carboxylic acids is 1. The van der Waals surface area contributed by atoms with Gasteiger partial charge in [-0.05, 0) is 23.8 Å². The first-order chi connectivity index (χ1) is 13.1. The molecule has 0 amide bonds. The molecule has 3 rings (SSSR count). The van der Waals surface area contributed by atoms with Gasteiger partial charge in [-0.15, -0.1) is 0 Å². The van der Waals surface area contributed by atoms with E-state index in [2.05, 4.69) is 0 Å². The summed E-state index contributed by atoms with van der Waals surface area (Å²) in [5, 5.41) is 11.3. The summed E-state index contributed by atoms with van der Waals surface area (Å²) in [6.07, 6.45) is 3.52. The Hall–Kier alpha value is -3.19. The minimum absolute atomic E-state index is 0.0344. The topological polar surface area (TPSA) is 81.9 Å². The van der Waals surface area contributed by atoms with Crippen molar-refractivity contribution in [1.29, 1.82) is 0 Å². The molecule has 0 aromatic heterocycles. The number of benzene rings is 2. The number of nitro benzene ring substituents is 1. The second kappa shape index (κ2) is 8.95. The Kier molecular flexibility index (Phi) is 6.17. The molecule has 0 N–H and O–H groups in total. The highest BCUT2D eigenvalue weighted by molar-refractivity contribution is 5.95. The molecular formula is C20H20N2O5. The third-order valence-electron chi connectivity index (χ3n) is 4.19. The van der Waals surface area contributed by atoms with Gasteiger partial charge in [-0.3, -0.25) is 10.1 Å². The van der Waals surface area contributed by atoms with Crippen molar-refractivity contribution < 1.29 is 19.2 Å². The van der Waals surface area contributed by atoms with Gasteiger partial charge in [0.15, 0.2) is 0 Å². The fraction of sp³-hybridized carbons (Fsp3) is 0.250. The molecule has 27 heavy (non-hydrogen) atoms. The maximum absolute atomic E-state index is 12.4. The Labute approximate surface area is 157 Å². The minimum atomic E-state index is -0.713. The highest BCUT2D eigenvalue weighted by Gasteiger charge is 2.23. The predicted molar refractivity (Wildman–Crippen MR) is 102 cm³/mol. The summed E-state index contributed by atoms with van der Waals surface area (Å²) in [7, 11) is 0. The van der Waals surface area contributed by atoms with Crippen molar-refractivity contribution in [3.63, 3.8) is 0 Å². The first-order valence-corrected chi connectivity index (χ1v) is 8.65. The lowest BCUT2D eigenvalue weighted by Gasteiger charge is -2.29. The van der Waals surface area contributed by atoms with Crippen LogP contribution in [0.25, 0.3) is 6.08 Å². The van der Waals surface area contributed by atoms with Crippen LogP contribution < -0.4 is 4.90 Å². The number of morpholine rings is 1. The molecule has 7 heteroatoms. The van der Waals surface area contributed by atoms with Crippen LogP contribution in [0, 0.1) is 10.1 Å². The van der Waals surface area contributed by atoms with Gasteiger partial charge in [0, 0.05) is 24.8 Å². The van der Waals surface area contributed by atoms with E-state index in [0.717, 1.165) is 11.3 Å². The van der Waals surface area contributed by atoms with E-state index in [1.807, 2.05) is 41.3 Å². The molecule has 0 bridgehead atoms. The van der Waals surface area contributed by atoms with Gasteiger partial charge in [0.1, 0.15) is 12.2 Å². The summed E-state index contributed by atoms with van der Waals surface area (Å²) in [6.45, 7) is 2.55. The van der Waals surface area contributed by atoms with Crippen molar-refractivity contribution in [1.82, 2.24) is 0 Å². The third kappa shape index (κ3) is 4.92. The van der Waals surface area contributed by atoms with E-state index in [1.54, 1.807) is 12.1 Å². The van der Waals surface area contributed by atoms with Crippen LogP contribution in [-0.4, -0.2) is 43.8 Å². The number of nitrogens with zero attached hydrogens (tertiary/aromatic N) is 2. The highest BCUT2D eigenvalue weighted by atomic mass is 16.6. The Morgan fingerprint density at radius 2 is 1.93 bits per heavy atom. The molecule has 1 fully saturated rings. The molecule has 0 radical (unpaired) electrons. The van der Waals surface area contributed by atoms with Gasteiger partial charge in [0.2, 0.25) is 0 Å². The van der Waals surface area contributed by atoms with Crippen molar-refractivity contribution in [3.05, 3.63) is 75.8 Å². The molecule has 2 aromatic rings. The summed E-state index contributed by atoms with van der Waals surface area (Å²) in [4.78, 5) is 25.1. The number of anilines is 1. The Bertz CT molecular complexity index is 830. The molecule has 0 unspecified atom stereocenters. The second-order valence-corrected chi connectivity index (χ2v) is 5.97. The molecule has 0 atom stereocenters. The zero-order chi connectivity index (χ0) is 19.1. The number of esters is 1. The molecular weight excluding hydrogens is 348 g/mol. The van der Waals surface area contributed by atoms with Crippen LogP contribution in [0.4, 0.5) is 11.4 Å². The standard InChI is InChI=1S/C20H20N2O5/c23-20(27-12-4-7-16-5-2-1-3-6-16)18-15-17(8-9-19(18)22(24)25)21-10-13-26-14-11-21/h1-9,15H,10-14H2/b7-4+.